The molecule has 0 aliphatic carbocycles. The summed E-state index contributed by atoms with van der Waals surface area (Å²) in [6, 6.07) is 12.1. The molecule has 0 radical (unpaired) electrons. The molecule has 106 valence electrons. The molecule has 20 heavy (non-hydrogen) atoms. The Morgan fingerprint density at radius 3 is 2.40 bits per heavy atom. The number of thioether (sulfide) groups is 1. The Kier molecular flexibility index (Phi) is 4.79. The average Bonchev–Trinajstić information content (AvgIpc) is 2.46. The van der Waals surface area contributed by atoms with E-state index in [0.29, 0.717) is 0 Å². The van der Waals surface area contributed by atoms with Crippen LogP contribution in [0.25, 0.3) is 0 Å². The summed E-state index contributed by atoms with van der Waals surface area (Å²) in [5, 5.41) is 0. The predicted molar refractivity (Wildman–Crippen MR) is 84.7 cm³/mol. The van der Waals surface area contributed by atoms with Gasteiger partial charge < -0.3 is 15.2 Å². The molecule has 4 heteroatoms. The van der Waals surface area contributed by atoms with Crippen LogP contribution >= 0.6 is 11.8 Å². The van der Waals surface area contributed by atoms with Crippen molar-refractivity contribution in [2.24, 2.45) is 0 Å². The minimum absolute atomic E-state index is 0.746. The second kappa shape index (κ2) is 6.57. The van der Waals surface area contributed by atoms with E-state index in [1.165, 1.54) is 11.1 Å². The first kappa shape index (κ1) is 14.6. The van der Waals surface area contributed by atoms with Gasteiger partial charge in [-0.3, -0.25) is 0 Å². The molecule has 0 aliphatic heterocycles. The fraction of sp³-hybridized carbons (Fsp3) is 0.250. The van der Waals surface area contributed by atoms with Crippen molar-refractivity contribution in [2.75, 3.05) is 20.0 Å². The lowest BCUT2D eigenvalue weighted by molar-refractivity contribution is 0.354. The van der Waals surface area contributed by atoms with Gasteiger partial charge in [0.25, 0.3) is 0 Å². The zero-order chi connectivity index (χ0) is 14.5. The van der Waals surface area contributed by atoms with Gasteiger partial charge in [-0.2, -0.15) is 0 Å². The number of hydrogen-bond acceptors (Lipinski definition) is 4. The van der Waals surface area contributed by atoms with Crippen LogP contribution in [0.1, 0.15) is 11.1 Å². The van der Waals surface area contributed by atoms with E-state index in [1.54, 1.807) is 26.0 Å². The van der Waals surface area contributed by atoms with E-state index in [1.807, 2.05) is 31.2 Å². The minimum atomic E-state index is 0.746. The van der Waals surface area contributed by atoms with Crippen LogP contribution in [0.15, 0.2) is 41.3 Å². The highest BCUT2D eigenvalue weighted by atomic mass is 32.2. The lowest BCUT2D eigenvalue weighted by atomic mass is 10.2. The molecule has 0 saturated carbocycles. The highest BCUT2D eigenvalue weighted by Gasteiger charge is 2.06. The Morgan fingerprint density at radius 1 is 1.00 bits per heavy atom. The molecule has 0 unspecified atom stereocenters. The maximum absolute atomic E-state index is 6.02. The summed E-state index contributed by atoms with van der Waals surface area (Å²) < 4.78 is 10.5. The molecular formula is C16H19NO2S. The third kappa shape index (κ3) is 3.39. The van der Waals surface area contributed by atoms with Crippen molar-refractivity contribution in [3.05, 3.63) is 47.5 Å². The zero-order valence-electron chi connectivity index (χ0n) is 12.0. The van der Waals surface area contributed by atoms with E-state index in [9.17, 15) is 0 Å². The number of rotatable bonds is 5. The Bertz CT molecular complexity index is 599. The second-order valence-electron chi connectivity index (χ2n) is 4.52. The number of nitrogens with two attached hydrogens (primary N) is 1. The molecule has 0 amide bonds. The van der Waals surface area contributed by atoms with Gasteiger partial charge in [0.15, 0.2) is 11.5 Å². The van der Waals surface area contributed by atoms with Crippen LogP contribution in [0.4, 0.5) is 5.69 Å². The van der Waals surface area contributed by atoms with Crippen LogP contribution in [-0.4, -0.2) is 14.2 Å². The fourth-order valence-electron chi connectivity index (χ4n) is 1.93. The van der Waals surface area contributed by atoms with Gasteiger partial charge in [0.2, 0.25) is 0 Å². The van der Waals surface area contributed by atoms with Gasteiger partial charge >= 0.3 is 0 Å². The van der Waals surface area contributed by atoms with Gasteiger partial charge in [-0.15, -0.1) is 11.8 Å². The van der Waals surface area contributed by atoms with Gasteiger partial charge in [0.05, 0.1) is 14.2 Å². The van der Waals surface area contributed by atoms with E-state index >= 15 is 0 Å². The Labute approximate surface area is 124 Å². The van der Waals surface area contributed by atoms with Crippen LogP contribution in [0.2, 0.25) is 0 Å². The number of hydrogen-bond donors (Lipinski definition) is 1. The fourth-order valence-corrected chi connectivity index (χ4v) is 2.82. The molecule has 0 atom stereocenters. The third-order valence-corrected chi connectivity index (χ3v) is 4.17. The van der Waals surface area contributed by atoms with Crippen LogP contribution in [0.3, 0.4) is 0 Å². The van der Waals surface area contributed by atoms with E-state index in [2.05, 4.69) is 12.1 Å². The van der Waals surface area contributed by atoms with Gasteiger partial charge in [0.1, 0.15) is 0 Å². The van der Waals surface area contributed by atoms with Crippen molar-refractivity contribution in [2.45, 2.75) is 17.6 Å². The molecule has 0 spiro atoms. The third-order valence-electron chi connectivity index (χ3n) is 3.01. The van der Waals surface area contributed by atoms with Crippen LogP contribution in [0, 0.1) is 6.92 Å². The van der Waals surface area contributed by atoms with Gasteiger partial charge in [-0.05, 0) is 42.3 Å². The monoisotopic (exact) mass is 289 g/mol. The smallest absolute Gasteiger partial charge is 0.161 e. The van der Waals surface area contributed by atoms with Crippen molar-refractivity contribution >= 4 is 17.4 Å². The SMILES string of the molecule is COc1ccc(CSc2ccc(C)cc2N)cc1OC. The topological polar surface area (TPSA) is 44.5 Å². The predicted octanol–water partition coefficient (Wildman–Crippen LogP) is 3.89. The lowest BCUT2D eigenvalue weighted by Gasteiger charge is -2.10. The largest absolute Gasteiger partial charge is 0.493 e. The number of nitrogen functional groups attached to an aromatic ring is 1. The maximum Gasteiger partial charge on any atom is 0.161 e. The number of ether oxygens (including phenoxy) is 2. The number of aryl methyl sites for hydroxylation is 1. The molecule has 2 aromatic carbocycles. The minimum Gasteiger partial charge on any atom is -0.493 e. The lowest BCUT2D eigenvalue weighted by Crippen LogP contribution is -1.93. The first-order valence-corrected chi connectivity index (χ1v) is 7.32. The van der Waals surface area contributed by atoms with Crippen molar-refractivity contribution < 1.29 is 9.47 Å². The summed E-state index contributed by atoms with van der Waals surface area (Å²) in [5.41, 5.74) is 9.20. The quantitative estimate of drug-likeness (QED) is 0.670. The van der Waals surface area contributed by atoms with Crippen LogP contribution in [0.5, 0.6) is 11.5 Å². The van der Waals surface area contributed by atoms with Gasteiger partial charge in [0, 0.05) is 16.3 Å². The Morgan fingerprint density at radius 2 is 1.75 bits per heavy atom. The molecule has 0 aliphatic rings. The molecule has 0 aromatic heterocycles. The van der Waals surface area contributed by atoms with E-state index in [0.717, 1.165) is 27.8 Å². The maximum atomic E-state index is 6.02. The van der Waals surface area contributed by atoms with Crippen LogP contribution < -0.4 is 15.2 Å². The molecule has 3 nitrogen and oxygen atoms in total. The first-order chi connectivity index (χ1) is 9.63. The molecule has 2 N–H and O–H groups in total. The van der Waals surface area contributed by atoms with Crippen molar-refractivity contribution in [1.29, 1.82) is 0 Å². The molecule has 2 aromatic rings. The molecule has 2 rings (SSSR count). The van der Waals surface area contributed by atoms with Crippen molar-refractivity contribution in [1.82, 2.24) is 0 Å². The normalized spacial score (nSPS) is 10.3. The molecule has 0 heterocycles. The van der Waals surface area contributed by atoms with E-state index in [4.69, 9.17) is 15.2 Å². The first-order valence-electron chi connectivity index (χ1n) is 6.34. The van der Waals surface area contributed by atoms with Crippen molar-refractivity contribution in [3.63, 3.8) is 0 Å². The highest BCUT2D eigenvalue weighted by molar-refractivity contribution is 7.98. The van der Waals surface area contributed by atoms with Crippen LogP contribution in [-0.2, 0) is 5.75 Å². The molecular weight excluding hydrogens is 270 g/mol. The Hall–Kier alpha value is -1.81. The summed E-state index contributed by atoms with van der Waals surface area (Å²) in [5.74, 6) is 2.34. The molecule has 0 bridgehead atoms. The van der Waals surface area contributed by atoms with E-state index < -0.39 is 0 Å². The van der Waals surface area contributed by atoms with E-state index in [-0.39, 0.29) is 0 Å². The summed E-state index contributed by atoms with van der Waals surface area (Å²) in [4.78, 5) is 1.10. The summed E-state index contributed by atoms with van der Waals surface area (Å²) >= 11 is 1.72. The number of anilines is 1. The average molecular weight is 289 g/mol. The second-order valence-corrected chi connectivity index (χ2v) is 5.54. The number of benzene rings is 2. The number of methoxy groups -OCH3 is 2. The zero-order valence-corrected chi connectivity index (χ0v) is 12.8. The summed E-state index contributed by atoms with van der Waals surface area (Å²) in [6.07, 6.45) is 0. The van der Waals surface area contributed by atoms with Gasteiger partial charge in [-0.1, -0.05) is 12.1 Å². The van der Waals surface area contributed by atoms with Gasteiger partial charge in [-0.25, -0.2) is 0 Å². The summed E-state index contributed by atoms with van der Waals surface area (Å²) in [6.45, 7) is 2.04. The molecule has 0 saturated heterocycles. The van der Waals surface area contributed by atoms with Crippen molar-refractivity contribution in [3.8, 4) is 11.5 Å². The highest BCUT2D eigenvalue weighted by Crippen LogP contribution is 2.32. The summed E-state index contributed by atoms with van der Waals surface area (Å²) in [7, 11) is 3.28. The Balaban J connectivity index is 2.10. The standard InChI is InChI=1S/C16H19NO2S/c1-11-4-7-16(13(17)8-11)20-10-12-5-6-14(18-2)15(9-12)19-3/h4-9H,10,17H2,1-3H3. The molecule has 0 fully saturated rings.